The molecule has 0 aliphatic heterocycles. The molecule has 19 heavy (non-hydrogen) atoms. The van der Waals surface area contributed by atoms with Gasteiger partial charge >= 0.3 is 0 Å². The number of thiophene rings is 1. The summed E-state index contributed by atoms with van der Waals surface area (Å²) in [4.78, 5) is 0.633. The van der Waals surface area contributed by atoms with Gasteiger partial charge in [-0.25, -0.2) is 8.42 Å². The van der Waals surface area contributed by atoms with Gasteiger partial charge in [0.2, 0.25) is 0 Å². The van der Waals surface area contributed by atoms with E-state index in [9.17, 15) is 8.42 Å². The Morgan fingerprint density at radius 2 is 2.21 bits per heavy atom. The number of aliphatic hydroxyl groups excluding tert-OH is 1. The second-order valence-corrected chi connectivity index (χ2v) is 7.60. The lowest BCUT2D eigenvalue weighted by Crippen LogP contribution is -2.25. The molecular weight excluding hydrogens is 286 g/mol. The summed E-state index contributed by atoms with van der Waals surface area (Å²) < 4.78 is 27.7. The first-order valence-electron chi connectivity index (χ1n) is 5.57. The number of rotatable bonds is 5. The second-order valence-electron chi connectivity index (χ2n) is 4.16. The highest BCUT2D eigenvalue weighted by Gasteiger charge is 2.23. The first-order chi connectivity index (χ1) is 8.93. The molecule has 2 rings (SSSR count). The number of hydrogen-bond donors (Lipinski definition) is 1. The fourth-order valence-corrected chi connectivity index (χ4v) is 4.22. The molecule has 104 valence electrons. The van der Waals surface area contributed by atoms with Crippen LogP contribution in [0.25, 0.3) is 0 Å². The first-order valence-corrected chi connectivity index (χ1v) is 7.82. The lowest BCUT2D eigenvalue weighted by atomic mass is 10.4. The maximum Gasteiger partial charge on any atom is 0.252 e. The van der Waals surface area contributed by atoms with Crippen molar-refractivity contribution in [1.82, 2.24) is 14.1 Å². The van der Waals surface area contributed by atoms with Crippen LogP contribution < -0.4 is 0 Å². The number of sulfonamides is 1. The number of aryl methyl sites for hydroxylation is 1. The van der Waals surface area contributed by atoms with Crippen molar-refractivity contribution in [3.63, 3.8) is 0 Å². The third-order valence-electron chi connectivity index (χ3n) is 2.62. The molecule has 0 fully saturated rings. The minimum Gasteiger partial charge on any atom is -0.391 e. The van der Waals surface area contributed by atoms with E-state index in [0.29, 0.717) is 4.88 Å². The molecule has 6 nitrogen and oxygen atoms in total. The highest BCUT2D eigenvalue weighted by Crippen LogP contribution is 2.25. The fourth-order valence-electron chi connectivity index (χ4n) is 1.63. The Morgan fingerprint density at radius 1 is 1.47 bits per heavy atom. The van der Waals surface area contributed by atoms with Crippen molar-refractivity contribution in [2.45, 2.75) is 17.4 Å². The Kier molecular flexibility index (Phi) is 4.04. The van der Waals surface area contributed by atoms with E-state index in [4.69, 9.17) is 5.11 Å². The number of aliphatic hydroxyl groups is 1. The van der Waals surface area contributed by atoms with Gasteiger partial charge in [0, 0.05) is 37.3 Å². The third kappa shape index (κ3) is 3.03. The second kappa shape index (κ2) is 5.41. The van der Waals surface area contributed by atoms with Gasteiger partial charge in [0.25, 0.3) is 10.0 Å². The van der Waals surface area contributed by atoms with Crippen molar-refractivity contribution in [3.8, 4) is 0 Å². The molecule has 2 aromatic heterocycles. The van der Waals surface area contributed by atoms with Gasteiger partial charge in [0.1, 0.15) is 4.21 Å². The SMILES string of the molecule is CN(Cc1cnn(C)c1)S(=O)(=O)c1ccc(CO)s1. The average molecular weight is 301 g/mol. The maximum absolute atomic E-state index is 12.3. The highest BCUT2D eigenvalue weighted by molar-refractivity contribution is 7.91. The molecule has 0 spiro atoms. The quantitative estimate of drug-likeness (QED) is 0.886. The molecule has 8 heteroatoms. The molecule has 2 aromatic rings. The van der Waals surface area contributed by atoms with Crippen LogP contribution in [-0.4, -0.2) is 34.7 Å². The van der Waals surface area contributed by atoms with E-state index in [1.54, 1.807) is 30.2 Å². The molecule has 0 aromatic carbocycles. The van der Waals surface area contributed by atoms with Gasteiger partial charge in [-0.05, 0) is 12.1 Å². The van der Waals surface area contributed by atoms with Gasteiger partial charge in [-0.2, -0.15) is 9.40 Å². The van der Waals surface area contributed by atoms with Gasteiger partial charge in [0.05, 0.1) is 12.8 Å². The summed E-state index contributed by atoms with van der Waals surface area (Å²) in [6.07, 6.45) is 3.42. The normalized spacial score (nSPS) is 12.2. The summed E-state index contributed by atoms with van der Waals surface area (Å²) in [5, 5.41) is 13.0. The van der Waals surface area contributed by atoms with Crippen LogP contribution in [0.1, 0.15) is 10.4 Å². The summed E-state index contributed by atoms with van der Waals surface area (Å²) in [7, 11) is -0.202. The van der Waals surface area contributed by atoms with Gasteiger partial charge in [-0.15, -0.1) is 11.3 Å². The van der Waals surface area contributed by atoms with E-state index in [1.165, 1.54) is 17.4 Å². The Hall–Kier alpha value is -1.22. The average Bonchev–Trinajstić information content (AvgIpc) is 2.98. The topological polar surface area (TPSA) is 75.4 Å². The largest absolute Gasteiger partial charge is 0.391 e. The molecule has 0 saturated carbocycles. The van der Waals surface area contributed by atoms with Crippen LogP contribution in [0.4, 0.5) is 0 Å². The van der Waals surface area contributed by atoms with Crippen LogP contribution in [0.5, 0.6) is 0 Å². The molecule has 0 saturated heterocycles. The van der Waals surface area contributed by atoms with Gasteiger partial charge in [0.15, 0.2) is 0 Å². The lowest BCUT2D eigenvalue weighted by Gasteiger charge is -2.14. The smallest absolute Gasteiger partial charge is 0.252 e. The molecule has 1 N–H and O–H groups in total. The van der Waals surface area contributed by atoms with Crippen molar-refractivity contribution < 1.29 is 13.5 Å². The van der Waals surface area contributed by atoms with Crippen molar-refractivity contribution >= 4 is 21.4 Å². The standard InChI is InChI=1S/C11H15N3O3S2/c1-13-6-9(5-12-13)7-14(2)19(16,17)11-4-3-10(8-15)18-11/h3-6,15H,7-8H2,1-2H3. The zero-order valence-electron chi connectivity index (χ0n) is 10.6. The predicted octanol–water partition coefficient (Wildman–Crippen LogP) is 0.795. The number of aromatic nitrogens is 2. The Balaban J connectivity index is 2.19. The Labute approximate surface area is 116 Å². The van der Waals surface area contributed by atoms with E-state index in [2.05, 4.69) is 5.10 Å². The molecular formula is C11H15N3O3S2. The third-order valence-corrected chi connectivity index (χ3v) is 5.96. The lowest BCUT2D eigenvalue weighted by molar-refractivity contribution is 0.285. The minimum absolute atomic E-state index is 0.146. The van der Waals surface area contributed by atoms with Crippen LogP contribution >= 0.6 is 11.3 Å². The molecule has 0 aliphatic carbocycles. The zero-order chi connectivity index (χ0) is 14.0. The van der Waals surface area contributed by atoms with Crippen molar-refractivity contribution in [1.29, 1.82) is 0 Å². The molecule has 0 atom stereocenters. The van der Waals surface area contributed by atoms with Crippen molar-refractivity contribution in [2.75, 3.05) is 7.05 Å². The van der Waals surface area contributed by atoms with Crippen LogP contribution in [0.2, 0.25) is 0 Å². The zero-order valence-corrected chi connectivity index (χ0v) is 12.3. The summed E-state index contributed by atoms with van der Waals surface area (Å²) >= 11 is 1.08. The van der Waals surface area contributed by atoms with Gasteiger partial charge in [-0.1, -0.05) is 0 Å². The van der Waals surface area contributed by atoms with Gasteiger partial charge < -0.3 is 5.11 Å². The Morgan fingerprint density at radius 3 is 2.74 bits per heavy atom. The monoisotopic (exact) mass is 301 g/mol. The Bertz CT molecular complexity index is 660. The summed E-state index contributed by atoms with van der Waals surface area (Å²) in [6.45, 7) is 0.120. The highest BCUT2D eigenvalue weighted by atomic mass is 32.2. The molecule has 0 radical (unpaired) electrons. The molecule has 0 bridgehead atoms. The summed E-state index contributed by atoms with van der Waals surface area (Å²) in [5.41, 5.74) is 0.826. The summed E-state index contributed by atoms with van der Waals surface area (Å²) in [5.74, 6) is 0. The molecule has 0 aliphatic rings. The molecule has 2 heterocycles. The maximum atomic E-state index is 12.3. The molecule has 0 amide bonds. The van der Waals surface area contributed by atoms with E-state index in [-0.39, 0.29) is 17.4 Å². The fraction of sp³-hybridized carbons (Fsp3) is 0.364. The number of nitrogens with zero attached hydrogens (tertiary/aromatic N) is 3. The number of hydrogen-bond acceptors (Lipinski definition) is 5. The van der Waals surface area contributed by atoms with E-state index >= 15 is 0 Å². The van der Waals surface area contributed by atoms with E-state index in [0.717, 1.165) is 16.9 Å². The predicted molar refractivity (Wildman–Crippen MR) is 72.1 cm³/mol. The van der Waals surface area contributed by atoms with Crippen molar-refractivity contribution in [3.05, 3.63) is 35.0 Å². The van der Waals surface area contributed by atoms with Crippen LogP contribution in [-0.2, 0) is 30.2 Å². The summed E-state index contributed by atoms with van der Waals surface area (Å²) in [6, 6.07) is 3.14. The van der Waals surface area contributed by atoms with Crippen LogP contribution in [0, 0.1) is 0 Å². The van der Waals surface area contributed by atoms with Gasteiger partial charge in [-0.3, -0.25) is 4.68 Å². The molecule has 0 unspecified atom stereocenters. The van der Waals surface area contributed by atoms with Crippen LogP contribution in [0.15, 0.2) is 28.7 Å². The van der Waals surface area contributed by atoms with E-state index in [1.807, 2.05) is 0 Å². The minimum atomic E-state index is -3.51. The van der Waals surface area contributed by atoms with Crippen molar-refractivity contribution in [2.24, 2.45) is 7.05 Å². The van der Waals surface area contributed by atoms with E-state index < -0.39 is 10.0 Å². The van der Waals surface area contributed by atoms with Crippen LogP contribution in [0.3, 0.4) is 0 Å². The first kappa shape index (κ1) is 14.2.